The molecule has 0 saturated carbocycles. The number of hydrogen-bond acceptors (Lipinski definition) is 4. The van der Waals surface area contributed by atoms with Crippen LogP contribution in [0.3, 0.4) is 0 Å². The van der Waals surface area contributed by atoms with E-state index in [0.717, 1.165) is 27.6 Å². The van der Waals surface area contributed by atoms with E-state index in [4.69, 9.17) is 9.47 Å². The van der Waals surface area contributed by atoms with Gasteiger partial charge in [-0.2, -0.15) is 0 Å². The highest BCUT2D eigenvalue weighted by atomic mass is 16.5. The van der Waals surface area contributed by atoms with Gasteiger partial charge in [-0.15, -0.1) is 0 Å². The van der Waals surface area contributed by atoms with Crippen LogP contribution in [0.1, 0.15) is 30.9 Å². The molecule has 0 radical (unpaired) electrons. The smallest absolute Gasteiger partial charge is 0.313 e. The fourth-order valence-corrected chi connectivity index (χ4v) is 2.99. The van der Waals surface area contributed by atoms with Crippen LogP contribution in [0.5, 0.6) is 5.75 Å². The third kappa shape index (κ3) is 4.93. The van der Waals surface area contributed by atoms with Crippen molar-refractivity contribution in [1.29, 1.82) is 0 Å². The molecule has 5 nitrogen and oxygen atoms in total. The second-order valence-electron chi connectivity index (χ2n) is 7.13. The van der Waals surface area contributed by atoms with Crippen LogP contribution in [0.15, 0.2) is 60.7 Å². The van der Waals surface area contributed by atoms with Gasteiger partial charge in [-0.1, -0.05) is 42.0 Å². The molecule has 3 rings (SSSR count). The number of carbonyl (C=O) groups excluding carboxylic acids is 2. The van der Waals surface area contributed by atoms with E-state index >= 15 is 0 Å². The fourth-order valence-electron chi connectivity index (χ4n) is 2.99. The molecule has 1 N–H and O–H groups in total. The van der Waals surface area contributed by atoms with E-state index in [1.54, 1.807) is 21.0 Å². The Morgan fingerprint density at radius 2 is 1.55 bits per heavy atom. The second kappa shape index (κ2) is 8.78. The number of hydrogen-bond donors (Lipinski definition) is 1. The Morgan fingerprint density at radius 1 is 0.897 bits per heavy atom. The van der Waals surface area contributed by atoms with E-state index in [1.165, 1.54) is 0 Å². The van der Waals surface area contributed by atoms with Gasteiger partial charge in [0.15, 0.2) is 6.10 Å². The van der Waals surface area contributed by atoms with Gasteiger partial charge in [-0.05, 0) is 61.4 Å². The number of anilines is 1. The third-order valence-electron chi connectivity index (χ3n) is 4.91. The van der Waals surface area contributed by atoms with Gasteiger partial charge in [0.25, 0.3) is 5.91 Å². The summed E-state index contributed by atoms with van der Waals surface area (Å²) in [6, 6.07) is 19.0. The summed E-state index contributed by atoms with van der Waals surface area (Å²) in [5.41, 5.74) is 2.60. The first-order valence-electron chi connectivity index (χ1n) is 9.53. The molecule has 0 aliphatic heterocycles. The summed E-state index contributed by atoms with van der Waals surface area (Å²) >= 11 is 0. The van der Waals surface area contributed by atoms with Crippen molar-refractivity contribution in [3.63, 3.8) is 0 Å². The topological polar surface area (TPSA) is 64.6 Å². The monoisotopic (exact) mass is 391 g/mol. The molecule has 0 heterocycles. The third-order valence-corrected chi connectivity index (χ3v) is 4.91. The van der Waals surface area contributed by atoms with Gasteiger partial charge in [0.2, 0.25) is 0 Å². The molecule has 0 aliphatic rings. The van der Waals surface area contributed by atoms with Gasteiger partial charge >= 0.3 is 5.97 Å². The summed E-state index contributed by atoms with van der Waals surface area (Å²) in [5.74, 6) is -0.508. The maximum atomic E-state index is 12.6. The van der Waals surface area contributed by atoms with Crippen molar-refractivity contribution in [2.45, 2.75) is 32.8 Å². The first-order chi connectivity index (χ1) is 13.9. The van der Waals surface area contributed by atoms with Gasteiger partial charge in [0.05, 0.1) is 13.0 Å². The van der Waals surface area contributed by atoms with E-state index in [0.29, 0.717) is 5.69 Å². The average Bonchev–Trinajstić information content (AvgIpc) is 2.73. The molecule has 0 aromatic heterocycles. The quantitative estimate of drug-likeness (QED) is 0.611. The normalized spacial score (nSPS) is 12.8. The molecule has 3 aromatic carbocycles. The lowest BCUT2D eigenvalue weighted by Crippen LogP contribution is -2.31. The molecule has 0 spiro atoms. The predicted molar refractivity (Wildman–Crippen MR) is 114 cm³/mol. The number of fused-ring (bicyclic) bond motifs is 1. The lowest BCUT2D eigenvalue weighted by atomic mass is 9.98. The minimum atomic E-state index is -0.893. The SMILES string of the molecule is COc1ccc2cc([C@H](C)C(=O)O[C@@H](C)C(=O)Nc3ccc(C)cc3)ccc2c1. The zero-order valence-corrected chi connectivity index (χ0v) is 17.1. The summed E-state index contributed by atoms with van der Waals surface area (Å²) in [6.07, 6.45) is -0.893. The van der Waals surface area contributed by atoms with Crippen molar-refractivity contribution < 1.29 is 19.1 Å². The summed E-state index contributed by atoms with van der Waals surface area (Å²) in [7, 11) is 1.63. The minimum absolute atomic E-state index is 0.361. The molecule has 0 saturated heterocycles. The van der Waals surface area contributed by atoms with Crippen LogP contribution in [0.4, 0.5) is 5.69 Å². The number of aryl methyl sites for hydroxylation is 1. The number of ether oxygens (including phenoxy) is 2. The number of benzene rings is 3. The number of carbonyl (C=O) groups is 2. The minimum Gasteiger partial charge on any atom is -0.497 e. The summed E-state index contributed by atoms with van der Waals surface area (Å²) in [4.78, 5) is 24.9. The van der Waals surface area contributed by atoms with Crippen molar-refractivity contribution in [3.8, 4) is 5.75 Å². The Hall–Kier alpha value is -3.34. The molecule has 150 valence electrons. The van der Waals surface area contributed by atoms with Crippen molar-refractivity contribution in [2.75, 3.05) is 12.4 Å². The Labute approximate surface area is 170 Å². The summed E-state index contributed by atoms with van der Waals surface area (Å²) in [5, 5.41) is 4.79. The average molecular weight is 391 g/mol. The Kier molecular flexibility index (Phi) is 6.17. The first-order valence-corrected chi connectivity index (χ1v) is 9.53. The predicted octanol–water partition coefficient (Wildman–Crippen LogP) is 4.83. The zero-order valence-electron chi connectivity index (χ0n) is 17.1. The number of rotatable bonds is 6. The molecule has 0 bridgehead atoms. The van der Waals surface area contributed by atoms with Crippen LogP contribution in [0.25, 0.3) is 10.8 Å². The molecule has 0 unspecified atom stereocenters. The second-order valence-corrected chi connectivity index (χ2v) is 7.13. The van der Waals surface area contributed by atoms with Crippen molar-refractivity contribution in [3.05, 3.63) is 71.8 Å². The number of esters is 1. The summed E-state index contributed by atoms with van der Waals surface area (Å²) in [6.45, 7) is 5.32. The zero-order chi connectivity index (χ0) is 21.0. The highest BCUT2D eigenvalue weighted by molar-refractivity contribution is 5.95. The first kappa shape index (κ1) is 20.4. The van der Waals surface area contributed by atoms with Crippen LogP contribution in [0, 0.1) is 6.92 Å². The Bertz CT molecular complexity index is 1030. The van der Waals surface area contributed by atoms with Gasteiger partial charge in [-0.3, -0.25) is 9.59 Å². The lowest BCUT2D eigenvalue weighted by Gasteiger charge is -2.17. The van der Waals surface area contributed by atoms with Crippen LogP contribution < -0.4 is 10.1 Å². The van der Waals surface area contributed by atoms with Crippen molar-refractivity contribution in [2.24, 2.45) is 0 Å². The van der Waals surface area contributed by atoms with Crippen molar-refractivity contribution >= 4 is 28.3 Å². The van der Waals surface area contributed by atoms with Gasteiger partial charge in [0.1, 0.15) is 5.75 Å². The van der Waals surface area contributed by atoms with Gasteiger partial charge in [-0.25, -0.2) is 0 Å². The molecule has 2 atom stereocenters. The molecular weight excluding hydrogens is 366 g/mol. The molecule has 0 aliphatic carbocycles. The van der Waals surface area contributed by atoms with Gasteiger partial charge in [0, 0.05) is 5.69 Å². The van der Waals surface area contributed by atoms with E-state index in [-0.39, 0.29) is 5.91 Å². The number of nitrogens with one attached hydrogen (secondary N) is 1. The Morgan fingerprint density at radius 3 is 2.24 bits per heavy atom. The number of amides is 1. The summed E-state index contributed by atoms with van der Waals surface area (Å²) < 4.78 is 10.6. The van der Waals surface area contributed by atoms with Crippen LogP contribution >= 0.6 is 0 Å². The highest BCUT2D eigenvalue weighted by Gasteiger charge is 2.23. The Balaban J connectivity index is 1.65. The molecule has 3 aromatic rings. The molecule has 29 heavy (non-hydrogen) atoms. The van der Waals surface area contributed by atoms with E-state index in [2.05, 4.69) is 5.32 Å². The maximum Gasteiger partial charge on any atom is 0.313 e. The van der Waals surface area contributed by atoms with Crippen LogP contribution in [-0.2, 0) is 14.3 Å². The largest absolute Gasteiger partial charge is 0.497 e. The maximum absolute atomic E-state index is 12.6. The lowest BCUT2D eigenvalue weighted by molar-refractivity contribution is -0.154. The standard InChI is InChI=1S/C24H25NO4/c1-15-5-10-21(11-6-15)25-23(26)17(3)29-24(27)16(2)18-7-8-20-14-22(28-4)12-9-19(20)13-18/h5-14,16-17H,1-4H3,(H,25,26)/t16-,17-/m0/s1. The van der Waals surface area contributed by atoms with E-state index in [1.807, 2.05) is 67.6 Å². The van der Waals surface area contributed by atoms with Crippen LogP contribution in [-0.4, -0.2) is 25.1 Å². The van der Waals surface area contributed by atoms with E-state index in [9.17, 15) is 9.59 Å². The molecule has 0 fully saturated rings. The molecular formula is C24H25NO4. The van der Waals surface area contributed by atoms with Crippen molar-refractivity contribution in [1.82, 2.24) is 0 Å². The molecule has 5 heteroatoms. The highest BCUT2D eigenvalue weighted by Crippen LogP contribution is 2.26. The van der Waals surface area contributed by atoms with E-state index < -0.39 is 18.0 Å². The fraction of sp³-hybridized carbons (Fsp3) is 0.250. The number of methoxy groups -OCH3 is 1. The van der Waals surface area contributed by atoms with Crippen LogP contribution in [0.2, 0.25) is 0 Å². The van der Waals surface area contributed by atoms with Gasteiger partial charge < -0.3 is 14.8 Å². The molecule has 1 amide bonds.